The molecule has 0 saturated carbocycles. The fourth-order valence-electron chi connectivity index (χ4n) is 0.680. The van der Waals surface area contributed by atoms with Crippen LogP contribution in [0.2, 0.25) is 0 Å². The van der Waals surface area contributed by atoms with Crippen LogP contribution in [0.15, 0.2) is 36.5 Å². The molecule has 0 heterocycles. The normalized spacial score (nSPS) is 12.6. The van der Waals surface area contributed by atoms with Gasteiger partial charge in [0.15, 0.2) is 0 Å². The molecular weight excluding hydrogens is 453 g/mol. The van der Waals surface area contributed by atoms with E-state index in [1.165, 1.54) is 0 Å². The van der Waals surface area contributed by atoms with Gasteiger partial charge in [-0.15, -0.1) is 63.8 Å². The van der Waals surface area contributed by atoms with E-state index in [9.17, 15) is 0 Å². The molecule has 0 spiro atoms. The van der Waals surface area contributed by atoms with E-state index in [1.807, 2.05) is 24.3 Å². The number of halogens is 3. The Labute approximate surface area is 133 Å². The number of allylic oxidation sites excluding steroid dienone is 8. The molecule has 2 aliphatic carbocycles. The van der Waals surface area contributed by atoms with Crippen molar-refractivity contribution in [2.24, 2.45) is 0 Å². The van der Waals surface area contributed by atoms with Crippen LogP contribution >= 0.6 is 50.9 Å². The van der Waals surface area contributed by atoms with Gasteiger partial charge in [-0.25, -0.2) is 24.3 Å². The maximum atomic E-state index is 2.99. The molecule has 0 amide bonds. The van der Waals surface area contributed by atoms with Crippen molar-refractivity contribution >= 4 is 50.9 Å². The first-order valence-electron chi connectivity index (χ1n) is 3.43. The second-order valence-corrected chi connectivity index (χ2v) is 2.01. The van der Waals surface area contributed by atoms with Crippen molar-refractivity contribution in [1.29, 1.82) is 0 Å². The van der Waals surface area contributed by atoms with Gasteiger partial charge in [-0.05, 0) is 0 Å². The van der Waals surface area contributed by atoms with Gasteiger partial charge in [-0.2, -0.15) is 12.2 Å². The summed E-state index contributed by atoms with van der Waals surface area (Å²) in [6.07, 6.45) is 20.0. The minimum Gasteiger partial charge on any atom is -0.273 e. The molecule has 2 rings (SSSR count). The molecule has 0 aromatic heterocycles. The Balaban J connectivity index is -0.0000000556. The van der Waals surface area contributed by atoms with Crippen LogP contribution in [-0.2, 0) is 22.4 Å². The molecule has 79 valence electrons. The zero-order valence-corrected chi connectivity index (χ0v) is 14.9. The van der Waals surface area contributed by atoms with Crippen molar-refractivity contribution in [2.75, 3.05) is 0 Å². The van der Waals surface area contributed by atoms with Crippen molar-refractivity contribution in [1.82, 2.24) is 0 Å². The summed E-state index contributed by atoms with van der Waals surface area (Å²) in [5, 5.41) is 0. The molecule has 4 heteroatoms. The predicted molar refractivity (Wildman–Crippen MR) is 74.1 cm³/mol. The molecule has 1 radical (unpaired) electrons. The van der Waals surface area contributed by atoms with E-state index < -0.39 is 0 Å². The minimum absolute atomic E-state index is 0. The Morgan fingerprint density at radius 2 is 1.07 bits per heavy atom. The van der Waals surface area contributed by atoms with Crippen LogP contribution in [0, 0.1) is 12.2 Å². The average Bonchev–Trinajstić information content (AvgIpc) is 2.67. The molecule has 0 saturated heterocycles. The standard InChI is InChI=1S/2C5H5.3BrH.Nb/c2*1-2-4-5-3-1;;;;/h2*1-3H,4H2;3*1H;/q2*-1;;;;+2. The summed E-state index contributed by atoms with van der Waals surface area (Å²) in [6.45, 7) is 0. The van der Waals surface area contributed by atoms with Crippen molar-refractivity contribution in [2.45, 2.75) is 12.8 Å². The zero-order chi connectivity index (χ0) is 7.07. The topological polar surface area (TPSA) is 0 Å². The van der Waals surface area contributed by atoms with Crippen molar-refractivity contribution in [3.05, 3.63) is 48.6 Å². The van der Waals surface area contributed by atoms with Gasteiger partial charge in [0.25, 0.3) is 0 Å². The molecule has 0 N–H and O–H groups in total. The Kier molecular flexibility index (Phi) is 34.3. The van der Waals surface area contributed by atoms with Gasteiger partial charge < -0.3 is 0 Å². The van der Waals surface area contributed by atoms with Crippen molar-refractivity contribution < 1.29 is 22.4 Å². The molecule has 0 fully saturated rings. The third-order valence-corrected chi connectivity index (χ3v) is 1.17. The van der Waals surface area contributed by atoms with E-state index in [1.54, 1.807) is 0 Å². The molecular formula is C10H13Br3Nb. The summed E-state index contributed by atoms with van der Waals surface area (Å²) in [7, 11) is 0. The Morgan fingerprint density at radius 1 is 0.714 bits per heavy atom. The molecule has 0 unspecified atom stereocenters. The number of hydrogen-bond acceptors (Lipinski definition) is 0. The maximum Gasteiger partial charge on any atom is 2.00 e. The second kappa shape index (κ2) is 19.7. The van der Waals surface area contributed by atoms with Crippen LogP contribution in [-0.4, -0.2) is 0 Å². The predicted octanol–water partition coefficient (Wildman–Crippen LogP) is 4.34. The van der Waals surface area contributed by atoms with Gasteiger partial charge in [-0.3, -0.25) is 12.2 Å². The van der Waals surface area contributed by atoms with Crippen LogP contribution in [0.25, 0.3) is 0 Å². The SMILES string of the molecule is Br.Br.Br.[C-]1=CC=CC1.[C-]1=CC=CC1.[Nb+2]. The number of rotatable bonds is 0. The molecule has 14 heavy (non-hydrogen) atoms. The zero-order valence-electron chi connectivity index (χ0n) is 7.55. The summed E-state index contributed by atoms with van der Waals surface area (Å²) in [6, 6.07) is 0. The van der Waals surface area contributed by atoms with Gasteiger partial charge in [0.2, 0.25) is 0 Å². The van der Waals surface area contributed by atoms with E-state index in [0.717, 1.165) is 12.8 Å². The van der Waals surface area contributed by atoms with Gasteiger partial charge in [0, 0.05) is 0 Å². The smallest absolute Gasteiger partial charge is 0.273 e. The summed E-state index contributed by atoms with van der Waals surface area (Å²) in [4.78, 5) is 0. The van der Waals surface area contributed by atoms with Gasteiger partial charge in [0.1, 0.15) is 0 Å². The van der Waals surface area contributed by atoms with Crippen molar-refractivity contribution in [3.63, 3.8) is 0 Å². The van der Waals surface area contributed by atoms with E-state index in [2.05, 4.69) is 24.3 Å². The number of hydrogen-bond donors (Lipinski definition) is 0. The van der Waals surface area contributed by atoms with Gasteiger partial charge >= 0.3 is 22.4 Å². The third-order valence-electron chi connectivity index (χ3n) is 1.17. The van der Waals surface area contributed by atoms with Crippen LogP contribution in [0.5, 0.6) is 0 Å². The molecule has 2 aliphatic rings. The quantitative estimate of drug-likeness (QED) is 0.369. The largest absolute Gasteiger partial charge is 2.00 e. The Hall–Kier alpha value is 1.14. The third kappa shape index (κ3) is 15.6. The van der Waals surface area contributed by atoms with Crippen LogP contribution in [0.3, 0.4) is 0 Å². The average molecular weight is 466 g/mol. The van der Waals surface area contributed by atoms with Gasteiger partial charge in [0.05, 0.1) is 0 Å². The summed E-state index contributed by atoms with van der Waals surface area (Å²) in [5.74, 6) is 0. The molecule has 0 atom stereocenters. The van der Waals surface area contributed by atoms with E-state index in [-0.39, 0.29) is 73.3 Å². The fourth-order valence-corrected chi connectivity index (χ4v) is 0.680. The summed E-state index contributed by atoms with van der Waals surface area (Å²) in [5.41, 5.74) is 0. The Morgan fingerprint density at radius 3 is 1.14 bits per heavy atom. The first-order valence-corrected chi connectivity index (χ1v) is 3.43. The molecule has 0 aromatic rings. The molecule has 0 aliphatic heterocycles. The minimum atomic E-state index is 0. The summed E-state index contributed by atoms with van der Waals surface area (Å²) >= 11 is 0. The molecule has 0 nitrogen and oxygen atoms in total. The van der Waals surface area contributed by atoms with Gasteiger partial charge in [-0.1, -0.05) is 0 Å². The fraction of sp³-hybridized carbons (Fsp3) is 0.200. The monoisotopic (exact) mass is 463 g/mol. The van der Waals surface area contributed by atoms with E-state index >= 15 is 0 Å². The van der Waals surface area contributed by atoms with Crippen LogP contribution < -0.4 is 0 Å². The molecule has 0 bridgehead atoms. The Bertz CT molecular complexity index is 154. The first-order chi connectivity index (χ1) is 5.00. The van der Waals surface area contributed by atoms with Crippen LogP contribution in [0.1, 0.15) is 12.8 Å². The summed E-state index contributed by atoms with van der Waals surface area (Å²) < 4.78 is 0. The second-order valence-electron chi connectivity index (χ2n) is 2.01. The van der Waals surface area contributed by atoms with E-state index in [4.69, 9.17) is 0 Å². The molecule has 0 aromatic carbocycles. The van der Waals surface area contributed by atoms with Crippen molar-refractivity contribution in [3.8, 4) is 0 Å². The first kappa shape index (κ1) is 24.4. The van der Waals surface area contributed by atoms with E-state index in [0.29, 0.717) is 0 Å². The van der Waals surface area contributed by atoms with Crippen LogP contribution in [0.4, 0.5) is 0 Å². The maximum absolute atomic E-state index is 2.99.